The van der Waals surface area contributed by atoms with E-state index in [-0.39, 0.29) is 25.8 Å². The van der Waals surface area contributed by atoms with E-state index in [2.05, 4.69) is 10.1 Å². The lowest BCUT2D eigenvalue weighted by molar-refractivity contribution is 0.0415. The molecule has 1 amide bonds. The molecule has 1 heterocycles. The monoisotopic (exact) mass is 186 g/mol. The molecule has 0 aliphatic heterocycles. The second-order valence-corrected chi connectivity index (χ2v) is 2.23. The summed E-state index contributed by atoms with van der Waals surface area (Å²) >= 11 is 0. The minimum atomic E-state index is -0.680. The number of hydrogen-bond donors (Lipinski definition) is 2. The van der Waals surface area contributed by atoms with Crippen LogP contribution in [0.2, 0.25) is 0 Å². The van der Waals surface area contributed by atoms with Crippen LogP contribution in [-0.4, -0.2) is 39.0 Å². The van der Waals surface area contributed by atoms with E-state index in [1.165, 1.54) is 11.0 Å². The molecule has 0 aliphatic carbocycles. The molecule has 0 spiro atoms. The van der Waals surface area contributed by atoms with Gasteiger partial charge in [-0.15, -0.1) is 5.10 Å². The smallest absolute Gasteiger partial charge is 0.288 e. The number of hydrogen-bond acceptors (Lipinski definition) is 5. The molecule has 0 bridgehead atoms. The lowest BCUT2D eigenvalue weighted by atomic mass is 10.6. The third kappa shape index (κ3) is 2.80. The molecule has 1 aromatic rings. The maximum atomic E-state index is 10.5. The maximum absolute atomic E-state index is 10.5. The molecule has 0 saturated carbocycles. The van der Waals surface area contributed by atoms with E-state index < -0.39 is 5.91 Å². The fourth-order valence-corrected chi connectivity index (χ4v) is 0.692. The van der Waals surface area contributed by atoms with Crippen molar-refractivity contribution in [2.45, 2.75) is 6.73 Å². The molecule has 7 nitrogen and oxygen atoms in total. The summed E-state index contributed by atoms with van der Waals surface area (Å²) in [7, 11) is 0. The summed E-state index contributed by atoms with van der Waals surface area (Å²) in [5.74, 6) is -0.728. The van der Waals surface area contributed by atoms with E-state index in [4.69, 9.17) is 15.6 Å². The van der Waals surface area contributed by atoms with E-state index >= 15 is 0 Å². The fraction of sp³-hybridized carbons (Fsp3) is 0.500. The van der Waals surface area contributed by atoms with E-state index in [9.17, 15) is 4.79 Å². The molecule has 0 atom stereocenters. The number of ether oxygens (including phenoxy) is 1. The van der Waals surface area contributed by atoms with Gasteiger partial charge in [-0.3, -0.25) is 4.79 Å². The topological polar surface area (TPSA) is 103 Å². The molecular weight excluding hydrogens is 176 g/mol. The Bertz CT molecular complexity index is 285. The number of aliphatic hydroxyl groups is 1. The van der Waals surface area contributed by atoms with Crippen molar-refractivity contribution in [1.29, 1.82) is 0 Å². The largest absolute Gasteiger partial charge is 0.394 e. The summed E-state index contributed by atoms with van der Waals surface area (Å²) < 4.78 is 6.24. The maximum Gasteiger partial charge on any atom is 0.288 e. The van der Waals surface area contributed by atoms with E-state index in [0.29, 0.717) is 0 Å². The number of carbonyl (C=O) groups is 1. The number of carbonyl (C=O) groups excluding carboxylic acids is 1. The van der Waals surface area contributed by atoms with E-state index in [1.54, 1.807) is 0 Å². The molecule has 0 radical (unpaired) electrons. The van der Waals surface area contributed by atoms with Gasteiger partial charge >= 0.3 is 0 Å². The first kappa shape index (κ1) is 9.62. The van der Waals surface area contributed by atoms with E-state index in [1.807, 2.05) is 0 Å². The van der Waals surface area contributed by atoms with Gasteiger partial charge in [-0.1, -0.05) is 0 Å². The highest BCUT2D eigenvalue weighted by Gasteiger charge is 2.05. The average molecular weight is 186 g/mol. The zero-order valence-electron chi connectivity index (χ0n) is 6.88. The van der Waals surface area contributed by atoms with Crippen LogP contribution < -0.4 is 5.73 Å². The Morgan fingerprint density at radius 3 is 3.08 bits per heavy atom. The van der Waals surface area contributed by atoms with Crippen LogP contribution in [0, 0.1) is 0 Å². The Kier molecular flexibility index (Phi) is 3.35. The quantitative estimate of drug-likeness (QED) is 0.536. The number of aliphatic hydroxyl groups excluding tert-OH is 1. The summed E-state index contributed by atoms with van der Waals surface area (Å²) in [6.45, 7) is 0.296. The predicted molar refractivity (Wildman–Crippen MR) is 41.6 cm³/mol. The second kappa shape index (κ2) is 4.53. The van der Waals surface area contributed by atoms with Gasteiger partial charge in [0.05, 0.1) is 13.2 Å². The number of rotatable bonds is 5. The third-order valence-electron chi connectivity index (χ3n) is 1.22. The lowest BCUT2D eigenvalue weighted by Gasteiger charge is -1.99. The number of aromatic nitrogens is 3. The van der Waals surface area contributed by atoms with Crippen LogP contribution in [0.1, 0.15) is 10.6 Å². The molecule has 0 saturated heterocycles. The Morgan fingerprint density at radius 2 is 2.54 bits per heavy atom. The van der Waals surface area contributed by atoms with Crippen LogP contribution in [0.4, 0.5) is 0 Å². The van der Waals surface area contributed by atoms with Gasteiger partial charge in [-0.05, 0) is 0 Å². The molecule has 0 aliphatic rings. The molecule has 0 aromatic carbocycles. The average Bonchev–Trinajstić information content (AvgIpc) is 2.53. The Labute approximate surface area is 74.1 Å². The third-order valence-corrected chi connectivity index (χ3v) is 1.22. The summed E-state index contributed by atoms with van der Waals surface area (Å²) in [5, 5.41) is 12.1. The van der Waals surface area contributed by atoms with Gasteiger partial charge in [0.2, 0.25) is 5.82 Å². The van der Waals surface area contributed by atoms with Gasteiger partial charge in [0.15, 0.2) is 0 Å². The van der Waals surface area contributed by atoms with Crippen molar-refractivity contribution in [2.75, 3.05) is 13.2 Å². The molecule has 3 N–H and O–H groups in total. The van der Waals surface area contributed by atoms with Crippen LogP contribution in [-0.2, 0) is 11.5 Å². The number of primary amides is 1. The zero-order valence-corrected chi connectivity index (χ0v) is 6.88. The fourth-order valence-electron chi connectivity index (χ4n) is 0.692. The minimum Gasteiger partial charge on any atom is -0.394 e. The van der Waals surface area contributed by atoms with Crippen molar-refractivity contribution in [3.8, 4) is 0 Å². The molecular formula is C6H10N4O3. The van der Waals surface area contributed by atoms with Crippen molar-refractivity contribution in [3.05, 3.63) is 12.2 Å². The van der Waals surface area contributed by atoms with Crippen LogP contribution in [0.5, 0.6) is 0 Å². The summed E-state index contributed by atoms with van der Waals surface area (Å²) in [5.41, 5.74) is 4.92. The van der Waals surface area contributed by atoms with Gasteiger partial charge in [0.25, 0.3) is 5.91 Å². The lowest BCUT2D eigenvalue weighted by Crippen LogP contribution is -2.14. The van der Waals surface area contributed by atoms with Crippen LogP contribution in [0.25, 0.3) is 0 Å². The Balaban J connectivity index is 2.44. The van der Waals surface area contributed by atoms with Crippen molar-refractivity contribution in [1.82, 2.24) is 14.8 Å². The highest BCUT2D eigenvalue weighted by atomic mass is 16.5. The molecule has 72 valence electrons. The SMILES string of the molecule is NC(=O)c1ncn(COCCO)n1. The van der Waals surface area contributed by atoms with E-state index in [0.717, 1.165) is 0 Å². The number of nitrogens with two attached hydrogens (primary N) is 1. The van der Waals surface area contributed by atoms with Crippen LogP contribution >= 0.6 is 0 Å². The first-order valence-corrected chi connectivity index (χ1v) is 3.62. The van der Waals surface area contributed by atoms with Crippen molar-refractivity contribution in [2.24, 2.45) is 5.73 Å². The predicted octanol–water partition coefficient (Wildman–Crippen LogP) is -1.66. The minimum absolute atomic E-state index is 0.0485. The molecule has 0 fully saturated rings. The van der Waals surface area contributed by atoms with Crippen molar-refractivity contribution >= 4 is 5.91 Å². The van der Waals surface area contributed by atoms with Crippen molar-refractivity contribution < 1.29 is 14.6 Å². The Morgan fingerprint density at radius 1 is 1.77 bits per heavy atom. The van der Waals surface area contributed by atoms with Gasteiger partial charge in [0.1, 0.15) is 13.1 Å². The molecule has 13 heavy (non-hydrogen) atoms. The zero-order chi connectivity index (χ0) is 9.68. The first-order valence-electron chi connectivity index (χ1n) is 3.62. The molecule has 7 heteroatoms. The van der Waals surface area contributed by atoms with Gasteiger partial charge < -0.3 is 15.6 Å². The number of amides is 1. The molecule has 1 rings (SSSR count). The Hall–Kier alpha value is -1.47. The highest BCUT2D eigenvalue weighted by Crippen LogP contribution is 1.88. The molecule has 1 aromatic heterocycles. The highest BCUT2D eigenvalue weighted by molar-refractivity contribution is 5.88. The summed E-state index contributed by atoms with van der Waals surface area (Å²) in [6, 6.07) is 0. The normalized spacial score (nSPS) is 10.2. The molecule has 0 unspecified atom stereocenters. The summed E-state index contributed by atoms with van der Waals surface area (Å²) in [4.78, 5) is 14.2. The number of nitrogens with zero attached hydrogens (tertiary/aromatic N) is 3. The van der Waals surface area contributed by atoms with Gasteiger partial charge in [0, 0.05) is 0 Å². The van der Waals surface area contributed by atoms with Gasteiger partial charge in [-0.2, -0.15) is 0 Å². The van der Waals surface area contributed by atoms with Crippen molar-refractivity contribution in [3.63, 3.8) is 0 Å². The van der Waals surface area contributed by atoms with Crippen LogP contribution in [0.3, 0.4) is 0 Å². The first-order chi connectivity index (χ1) is 6.24. The van der Waals surface area contributed by atoms with Gasteiger partial charge in [-0.25, -0.2) is 9.67 Å². The summed E-state index contributed by atoms with van der Waals surface area (Å²) in [6.07, 6.45) is 1.33. The standard InChI is InChI=1S/C6H10N4O3/c7-5(12)6-8-3-10(9-6)4-13-2-1-11/h3,11H,1-2,4H2,(H2,7,12). The second-order valence-electron chi connectivity index (χ2n) is 2.23. The van der Waals surface area contributed by atoms with Crippen LogP contribution in [0.15, 0.2) is 6.33 Å².